The zero-order valence-electron chi connectivity index (χ0n) is 12.4. The van der Waals surface area contributed by atoms with Crippen LogP contribution >= 0.6 is 11.3 Å². The molecule has 0 fully saturated rings. The Balaban J connectivity index is 1.97. The Morgan fingerprint density at radius 2 is 1.95 bits per heavy atom. The van der Waals surface area contributed by atoms with Gasteiger partial charge in [-0.3, -0.25) is 9.59 Å². The largest absolute Gasteiger partial charge is 0.315 e. The van der Waals surface area contributed by atoms with E-state index in [-0.39, 0.29) is 11.7 Å². The van der Waals surface area contributed by atoms with Crippen LogP contribution in [-0.2, 0) is 11.2 Å². The lowest BCUT2D eigenvalue weighted by atomic mass is 9.97. The molecule has 0 unspecified atom stereocenters. The summed E-state index contributed by atoms with van der Waals surface area (Å²) in [5, 5.41) is 0. The van der Waals surface area contributed by atoms with Gasteiger partial charge in [-0.15, -0.1) is 11.3 Å². The molecular formula is C17H17NO2S. The number of aryl methyl sites for hydroxylation is 3. The van der Waals surface area contributed by atoms with Crippen molar-refractivity contribution in [1.29, 1.82) is 0 Å². The molecule has 0 N–H and O–H groups in total. The van der Waals surface area contributed by atoms with Gasteiger partial charge in [0.2, 0.25) is 11.7 Å². The van der Waals surface area contributed by atoms with Crippen molar-refractivity contribution in [3.8, 4) is 0 Å². The van der Waals surface area contributed by atoms with Crippen molar-refractivity contribution in [3.63, 3.8) is 0 Å². The molecule has 0 bridgehead atoms. The van der Waals surface area contributed by atoms with Crippen LogP contribution in [0.25, 0.3) is 0 Å². The first-order chi connectivity index (χ1) is 9.97. The number of ketones is 1. The zero-order chi connectivity index (χ0) is 15.1. The highest BCUT2D eigenvalue weighted by Gasteiger charge is 2.22. The molecule has 0 radical (unpaired) electrons. The monoisotopic (exact) mass is 299 g/mol. The molecule has 0 saturated carbocycles. The lowest BCUT2D eigenvalue weighted by Gasteiger charge is -2.25. The minimum absolute atomic E-state index is 0.0681. The molecule has 2 aromatic rings. The summed E-state index contributed by atoms with van der Waals surface area (Å²) >= 11 is 1.54. The molecule has 0 aliphatic carbocycles. The maximum absolute atomic E-state index is 12.6. The first kappa shape index (κ1) is 14.0. The maximum atomic E-state index is 12.6. The van der Waals surface area contributed by atoms with Crippen molar-refractivity contribution >= 4 is 28.7 Å². The molecule has 1 aliphatic heterocycles. The van der Waals surface area contributed by atoms with E-state index >= 15 is 0 Å². The topological polar surface area (TPSA) is 37.4 Å². The van der Waals surface area contributed by atoms with E-state index in [1.54, 1.807) is 23.3 Å². The number of rotatable bonds is 2. The predicted octanol–water partition coefficient (Wildman–Crippen LogP) is 3.50. The molecule has 1 amide bonds. The number of anilines is 1. The second kappa shape index (κ2) is 5.11. The lowest BCUT2D eigenvalue weighted by Crippen LogP contribution is -2.31. The van der Waals surface area contributed by atoms with E-state index in [1.807, 2.05) is 38.1 Å². The van der Waals surface area contributed by atoms with E-state index in [0.29, 0.717) is 18.4 Å². The van der Waals surface area contributed by atoms with Crippen molar-refractivity contribution in [2.45, 2.75) is 26.7 Å². The summed E-state index contributed by atoms with van der Waals surface area (Å²) in [7, 11) is 1.79. The second-order valence-corrected chi connectivity index (χ2v) is 6.73. The molecule has 21 heavy (non-hydrogen) atoms. The van der Waals surface area contributed by atoms with E-state index in [4.69, 9.17) is 0 Å². The Morgan fingerprint density at radius 3 is 2.62 bits per heavy atom. The number of nitrogens with zero attached hydrogens (tertiary/aromatic N) is 1. The number of hydrogen-bond donors (Lipinski definition) is 0. The summed E-state index contributed by atoms with van der Waals surface area (Å²) in [5.74, 6) is 0.199. The van der Waals surface area contributed by atoms with Crippen LogP contribution in [0.2, 0.25) is 0 Å². The van der Waals surface area contributed by atoms with Crippen LogP contribution in [0.15, 0.2) is 24.3 Å². The minimum Gasteiger partial charge on any atom is -0.315 e. The van der Waals surface area contributed by atoms with Crippen LogP contribution in [0.4, 0.5) is 5.69 Å². The van der Waals surface area contributed by atoms with Crippen LogP contribution in [0, 0.1) is 13.8 Å². The first-order valence-electron chi connectivity index (χ1n) is 6.98. The van der Waals surface area contributed by atoms with Gasteiger partial charge in [-0.1, -0.05) is 0 Å². The highest BCUT2D eigenvalue weighted by molar-refractivity contribution is 7.14. The van der Waals surface area contributed by atoms with Crippen LogP contribution in [0.3, 0.4) is 0 Å². The van der Waals surface area contributed by atoms with E-state index in [1.165, 1.54) is 4.88 Å². The maximum Gasteiger partial charge on any atom is 0.227 e. The van der Waals surface area contributed by atoms with E-state index in [2.05, 4.69) is 0 Å². The first-order valence-corrected chi connectivity index (χ1v) is 7.80. The number of carbonyl (C=O) groups is 2. The number of amides is 1. The highest BCUT2D eigenvalue weighted by atomic mass is 32.1. The molecule has 0 saturated heterocycles. The van der Waals surface area contributed by atoms with E-state index < -0.39 is 0 Å². The van der Waals surface area contributed by atoms with Gasteiger partial charge in [0.15, 0.2) is 0 Å². The number of hydrogen-bond acceptors (Lipinski definition) is 3. The third kappa shape index (κ3) is 2.40. The molecule has 0 atom stereocenters. The molecule has 2 heterocycles. The second-order valence-electron chi connectivity index (χ2n) is 5.48. The van der Waals surface area contributed by atoms with E-state index in [9.17, 15) is 9.59 Å². The molecule has 1 aliphatic rings. The molecular weight excluding hydrogens is 282 g/mol. The number of thiophene rings is 1. The van der Waals surface area contributed by atoms with Crippen molar-refractivity contribution in [1.82, 2.24) is 0 Å². The summed E-state index contributed by atoms with van der Waals surface area (Å²) in [4.78, 5) is 27.9. The molecule has 1 aromatic heterocycles. The summed E-state index contributed by atoms with van der Waals surface area (Å²) in [6.07, 6.45) is 1.22. The number of carbonyl (C=O) groups excluding carboxylic acids is 2. The van der Waals surface area contributed by atoms with Gasteiger partial charge < -0.3 is 4.90 Å². The Hall–Kier alpha value is -1.94. The van der Waals surface area contributed by atoms with Crippen molar-refractivity contribution in [2.24, 2.45) is 0 Å². The molecule has 3 nitrogen and oxygen atoms in total. The van der Waals surface area contributed by atoms with E-state index in [0.717, 1.165) is 21.7 Å². The van der Waals surface area contributed by atoms with Crippen LogP contribution in [0.1, 0.15) is 37.7 Å². The Bertz CT molecular complexity index is 726. The average molecular weight is 299 g/mol. The standard InChI is InChI=1S/C17H17NO2S/c1-10-8-15(21-11(10)2)17(20)13-4-6-14-12(9-13)5-7-16(19)18(14)3/h4,6,8-9H,5,7H2,1-3H3. The van der Waals surface area contributed by atoms with Crippen molar-refractivity contribution < 1.29 is 9.59 Å². The Labute approximate surface area is 128 Å². The number of fused-ring (bicyclic) bond motifs is 1. The normalized spacial score (nSPS) is 14.2. The minimum atomic E-state index is 0.0681. The van der Waals surface area contributed by atoms with Crippen molar-refractivity contribution in [2.75, 3.05) is 11.9 Å². The Kier molecular flexibility index (Phi) is 3.41. The molecule has 4 heteroatoms. The van der Waals surface area contributed by atoms with Gasteiger partial charge in [0, 0.05) is 29.6 Å². The summed E-state index contributed by atoms with van der Waals surface area (Å²) in [6, 6.07) is 7.59. The predicted molar refractivity (Wildman–Crippen MR) is 85.4 cm³/mol. The van der Waals surface area contributed by atoms with Gasteiger partial charge in [-0.25, -0.2) is 0 Å². The molecule has 108 valence electrons. The van der Waals surface area contributed by atoms with Gasteiger partial charge in [0.05, 0.1) is 4.88 Å². The molecule has 3 rings (SSSR count). The van der Waals surface area contributed by atoms with Crippen LogP contribution in [-0.4, -0.2) is 18.7 Å². The Morgan fingerprint density at radius 1 is 1.19 bits per heavy atom. The quantitative estimate of drug-likeness (QED) is 0.796. The molecule has 1 aromatic carbocycles. The lowest BCUT2D eigenvalue weighted by molar-refractivity contribution is -0.118. The summed E-state index contributed by atoms with van der Waals surface area (Å²) < 4.78 is 0. The fourth-order valence-electron chi connectivity index (χ4n) is 2.63. The highest BCUT2D eigenvalue weighted by Crippen LogP contribution is 2.29. The number of benzene rings is 1. The molecule has 0 spiro atoms. The fraction of sp³-hybridized carbons (Fsp3) is 0.294. The van der Waals surface area contributed by atoms with Gasteiger partial charge in [-0.05, 0) is 55.7 Å². The third-order valence-electron chi connectivity index (χ3n) is 4.08. The fourth-order valence-corrected chi connectivity index (χ4v) is 3.62. The summed E-state index contributed by atoms with van der Waals surface area (Å²) in [5.41, 5.74) is 3.86. The van der Waals surface area contributed by atoms with Gasteiger partial charge in [0.1, 0.15) is 0 Å². The van der Waals surface area contributed by atoms with Gasteiger partial charge in [0.25, 0.3) is 0 Å². The zero-order valence-corrected chi connectivity index (χ0v) is 13.2. The van der Waals surface area contributed by atoms with Crippen LogP contribution in [0.5, 0.6) is 0 Å². The van der Waals surface area contributed by atoms with Crippen LogP contribution < -0.4 is 4.90 Å². The average Bonchev–Trinajstić information content (AvgIpc) is 2.81. The van der Waals surface area contributed by atoms with Gasteiger partial charge >= 0.3 is 0 Å². The SMILES string of the molecule is Cc1cc(C(=O)c2ccc3c(c2)CCC(=O)N3C)sc1C. The van der Waals surface area contributed by atoms with Crippen molar-refractivity contribution in [3.05, 3.63) is 50.7 Å². The van der Waals surface area contributed by atoms with Gasteiger partial charge in [-0.2, -0.15) is 0 Å². The smallest absolute Gasteiger partial charge is 0.227 e. The summed E-state index contributed by atoms with van der Waals surface area (Å²) in [6.45, 7) is 4.06. The third-order valence-corrected chi connectivity index (χ3v) is 5.23.